The van der Waals surface area contributed by atoms with Crippen LogP contribution in [0.2, 0.25) is 0 Å². The number of rotatable bonds is 3. The summed E-state index contributed by atoms with van der Waals surface area (Å²) in [5.74, 6) is -0.374. The van der Waals surface area contributed by atoms with Crippen LogP contribution in [0.5, 0.6) is 0 Å². The predicted molar refractivity (Wildman–Crippen MR) is 81.1 cm³/mol. The third-order valence-corrected chi connectivity index (χ3v) is 3.69. The fraction of sp³-hybridized carbons (Fsp3) is 0.0769. The number of hydrogen-bond acceptors (Lipinski definition) is 3. The van der Waals surface area contributed by atoms with Crippen LogP contribution in [-0.2, 0) is 0 Å². The standard InChI is InChI=1S/C13H10Br2N2O2/c1-7-9(13(18)19)3-5-12(16-7)17-11-6-8(14)2-4-10(11)15/h2-6H,1H3,(H,16,17)(H,18,19). The van der Waals surface area contributed by atoms with E-state index in [1.807, 2.05) is 18.2 Å². The number of benzene rings is 1. The number of nitrogens with zero attached hydrogens (tertiary/aromatic N) is 1. The van der Waals surface area contributed by atoms with Gasteiger partial charge < -0.3 is 10.4 Å². The van der Waals surface area contributed by atoms with Gasteiger partial charge in [0.15, 0.2) is 0 Å². The SMILES string of the molecule is Cc1nc(Nc2cc(Br)ccc2Br)ccc1C(=O)O. The average Bonchev–Trinajstić information content (AvgIpc) is 2.33. The molecule has 2 N–H and O–H groups in total. The molecule has 0 saturated heterocycles. The van der Waals surface area contributed by atoms with Gasteiger partial charge in [-0.2, -0.15) is 0 Å². The lowest BCUT2D eigenvalue weighted by molar-refractivity contribution is 0.0695. The maximum Gasteiger partial charge on any atom is 0.337 e. The van der Waals surface area contributed by atoms with Crippen LogP contribution in [0.1, 0.15) is 16.1 Å². The van der Waals surface area contributed by atoms with Gasteiger partial charge in [-0.15, -0.1) is 0 Å². The highest BCUT2D eigenvalue weighted by atomic mass is 79.9. The number of hydrogen-bond donors (Lipinski definition) is 2. The molecular weight excluding hydrogens is 376 g/mol. The number of carboxylic acid groups (broad SMARTS) is 1. The summed E-state index contributed by atoms with van der Waals surface area (Å²) in [6, 6.07) is 8.92. The van der Waals surface area contributed by atoms with Gasteiger partial charge in [-0.05, 0) is 53.2 Å². The lowest BCUT2D eigenvalue weighted by Crippen LogP contribution is -2.03. The molecule has 0 unspecified atom stereocenters. The van der Waals surface area contributed by atoms with E-state index in [0.29, 0.717) is 11.5 Å². The summed E-state index contributed by atoms with van der Waals surface area (Å²) >= 11 is 6.83. The average molecular weight is 386 g/mol. The topological polar surface area (TPSA) is 62.2 Å². The molecule has 4 nitrogen and oxygen atoms in total. The zero-order valence-electron chi connectivity index (χ0n) is 9.95. The summed E-state index contributed by atoms with van der Waals surface area (Å²) in [7, 11) is 0. The normalized spacial score (nSPS) is 10.3. The van der Waals surface area contributed by atoms with Gasteiger partial charge in [0.2, 0.25) is 0 Å². The molecule has 0 atom stereocenters. The van der Waals surface area contributed by atoms with E-state index < -0.39 is 5.97 Å². The second-order valence-corrected chi connectivity index (χ2v) is 5.65. The number of halogens is 2. The fourth-order valence-corrected chi connectivity index (χ4v) is 2.29. The Kier molecular flexibility index (Phi) is 4.21. The Morgan fingerprint density at radius 1 is 1.26 bits per heavy atom. The van der Waals surface area contributed by atoms with Crippen LogP contribution in [0, 0.1) is 6.92 Å². The fourth-order valence-electron chi connectivity index (χ4n) is 1.59. The minimum atomic E-state index is -0.972. The number of aryl methyl sites for hydroxylation is 1. The highest BCUT2D eigenvalue weighted by Gasteiger charge is 2.09. The molecule has 98 valence electrons. The van der Waals surface area contributed by atoms with E-state index >= 15 is 0 Å². The first kappa shape index (κ1) is 14.0. The summed E-state index contributed by atoms with van der Waals surface area (Å²) in [5.41, 5.74) is 1.53. The Morgan fingerprint density at radius 2 is 2.00 bits per heavy atom. The van der Waals surface area contributed by atoms with Crippen molar-refractivity contribution in [3.8, 4) is 0 Å². The first-order chi connectivity index (χ1) is 8.97. The number of aromatic carboxylic acids is 1. The number of nitrogens with one attached hydrogen (secondary N) is 1. The summed E-state index contributed by atoms with van der Waals surface area (Å²) in [5, 5.41) is 12.1. The monoisotopic (exact) mass is 384 g/mol. The first-order valence-electron chi connectivity index (χ1n) is 5.40. The molecule has 0 aliphatic rings. The molecule has 6 heteroatoms. The Hall–Kier alpha value is -1.40. The van der Waals surface area contributed by atoms with E-state index in [9.17, 15) is 4.79 Å². The molecule has 0 amide bonds. The van der Waals surface area contributed by atoms with Crippen LogP contribution in [-0.4, -0.2) is 16.1 Å². The molecule has 0 aliphatic carbocycles. The van der Waals surface area contributed by atoms with Crippen molar-refractivity contribution in [1.29, 1.82) is 0 Å². The van der Waals surface area contributed by atoms with Gasteiger partial charge >= 0.3 is 5.97 Å². The molecule has 1 aromatic carbocycles. The smallest absolute Gasteiger partial charge is 0.337 e. The van der Waals surface area contributed by atoms with Crippen LogP contribution >= 0.6 is 31.9 Å². The van der Waals surface area contributed by atoms with Crippen molar-refractivity contribution >= 4 is 49.3 Å². The number of pyridine rings is 1. The van der Waals surface area contributed by atoms with Crippen LogP contribution in [0.15, 0.2) is 39.3 Å². The molecule has 0 fully saturated rings. The van der Waals surface area contributed by atoms with Crippen molar-refractivity contribution in [2.45, 2.75) is 6.92 Å². The second-order valence-electron chi connectivity index (χ2n) is 3.88. The number of carbonyl (C=O) groups is 1. The predicted octanol–water partition coefficient (Wildman–Crippen LogP) is 4.36. The number of carboxylic acids is 1. The minimum absolute atomic E-state index is 0.207. The Labute approximate surface area is 127 Å². The third-order valence-electron chi connectivity index (χ3n) is 2.51. The van der Waals surface area contributed by atoms with E-state index in [1.54, 1.807) is 19.1 Å². The molecule has 2 rings (SSSR count). The summed E-state index contributed by atoms with van der Waals surface area (Å²) in [6.45, 7) is 1.67. The quantitative estimate of drug-likeness (QED) is 0.824. The van der Waals surface area contributed by atoms with Crippen molar-refractivity contribution in [2.24, 2.45) is 0 Å². The molecule has 19 heavy (non-hydrogen) atoms. The summed E-state index contributed by atoms with van der Waals surface area (Å²) < 4.78 is 1.84. The first-order valence-corrected chi connectivity index (χ1v) is 6.99. The summed E-state index contributed by atoms with van der Waals surface area (Å²) in [6.07, 6.45) is 0. The van der Waals surface area contributed by atoms with Crippen LogP contribution < -0.4 is 5.32 Å². The van der Waals surface area contributed by atoms with Crippen molar-refractivity contribution in [2.75, 3.05) is 5.32 Å². The van der Waals surface area contributed by atoms with E-state index in [2.05, 4.69) is 42.2 Å². The van der Waals surface area contributed by atoms with Crippen LogP contribution in [0.25, 0.3) is 0 Å². The molecule has 0 spiro atoms. The number of aromatic nitrogens is 1. The maximum atomic E-state index is 10.9. The Bertz CT molecular complexity index is 645. The van der Waals surface area contributed by atoms with Gasteiger partial charge in [-0.25, -0.2) is 9.78 Å². The van der Waals surface area contributed by atoms with Gasteiger partial charge in [-0.3, -0.25) is 0 Å². The molecule has 1 aromatic heterocycles. The molecule has 1 heterocycles. The zero-order valence-corrected chi connectivity index (χ0v) is 13.1. The lowest BCUT2D eigenvalue weighted by atomic mass is 10.2. The van der Waals surface area contributed by atoms with Gasteiger partial charge in [0.05, 0.1) is 16.9 Å². The molecule has 0 bridgehead atoms. The second kappa shape index (κ2) is 5.71. The lowest BCUT2D eigenvalue weighted by Gasteiger charge is -2.10. The van der Waals surface area contributed by atoms with Gasteiger partial charge in [0, 0.05) is 8.95 Å². The van der Waals surface area contributed by atoms with Crippen molar-refractivity contribution in [3.05, 3.63) is 50.5 Å². The van der Waals surface area contributed by atoms with Crippen molar-refractivity contribution < 1.29 is 9.90 Å². The largest absolute Gasteiger partial charge is 0.478 e. The van der Waals surface area contributed by atoms with Gasteiger partial charge in [0.25, 0.3) is 0 Å². The minimum Gasteiger partial charge on any atom is -0.478 e. The van der Waals surface area contributed by atoms with E-state index in [1.165, 1.54) is 0 Å². The highest BCUT2D eigenvalue weighted by molar-refractivity contribution is 9.11. The van der Waals surface area contributed by atoms with Gasteiger partial charge in [-0.1, -0.05) is 15.9 Å². The Balaban J connectivity index is 2.31. The van der Waals surface area contributed by atoms with Gasteiger partial charge in [0.1, 0.15) is 5.82 Å². The summed E-state index contributed by atoms with van der Waals surface area (Å²) in [4.78, 5) is 15.1. The van der Waals surface area contributed by atoms with E-state index in [0.717, 1.165) is 14.6 Å². The molecule has 0 saturated carbocycles. The van der Waals surface area contributed by atoms with Crippen molar-refractivity contribution in [1.82, 2.24) is 4.98 Å². The third kappa shape index (κ3) is 3.33. The molecule has 0 aliphatic heterocycles. The van der Waals surface area contributed by atoms with Crippen LogP contribution in [0.4, 0.5) is 11.5 Å². The van der Waals surface area contributed by atoms with Crippen molar-refractivity contribution in [3.63, 3.8) is 0 Å². The molecule has 2 aromatic rings. The van der Waals surface area contributed by atoms with E-state index in [-0.39, 0.29) is 5.56 Å². The Morgan fingerprint density at radius 3 is 2.63 bits per heavy atom. The number of anilines is 2. The maximum absolute atomic E-state index is 10.9. The molecule has 0 radical (unpaired) electrons. The zero-order chi connectivity index (χ0) is 14.0. The van der Waals surface area contributed by atoms with E-state index in [4.69, 9.17) is 5.11 Å². The molecular formula is C13H10Br2N2O2. The highest BCUT2D eigenvalue weighted by Crippen LogP contribution is 2.28. The van der Waals surface area contributed by atoms with Crippen LogP contribution in [0.3, 0.4) is 0 Å².